The van der Waals surface area contributed by atoms with Crippen molar-refractivity contribution in [1.82, 2.24) is 20.1 Å². The van der Waals surface area contributed by atoms with Gasteiger partial charge in [0.1, 0.15) is 12.4 Å². The summed E-state index contributed by atoms with van der Waals surface area (Å²) in [4.78, 5) is 25.0. The lowest BCUT2D eigenvalue weighted by molar-refractivity contribution is -0.00228. The maximum atomic E-state index is 13.6. The van der Waals surface area contributed by atoms with E-state index in [1.54, 1.807) is 10.4 Å². The van der Waals surface area contributed by atoms with Gasteiger partial charge in [0, 0.05) is 30.2 Å². The van der Waals surface area contributed by atoms with Gasteiger partial charge in [-0.15, -0.1) is 0 Å². The third-order valence-corrected chi connectivity index (χ3v) is 11.7. The summed E-state index contributed by atoms with van der Waals surface area (Å²) < 4.78 is 44.7. The van der Waals surface area contributed by atoms with Crippen molar-refractivity contribution in [3.8, 4) is 0 Å². The number of rotatable bonds is 9. The number of amides is 2. The van der Waals surface area contributed by atoms with Gasteiger partial charge in [-0.1, -0.05) is 35.5 Å². The Hall–Kier alpha value is -2.96. The number of nitrogens with one attached hydrogen (secondary N) is 2. The molecule has 4 heterocycles. The van der Waals surface area contributed by atoms with Crippen molar-refractivity contribution in [2.45, 2.75) is 75.2 Å². The van der Waals surface area contributed by atoms with Crippen molar-refractivity contribution in [3.05, 3.63) is 53.4 Å². The smallest absolute Gasteiger partial charge is 0.407 e. The van der Waals surface area contributed by atoms with Crippen LogP contribution in [0.1, 0.15) is 66.3 Å². The number of hydrogen-bond donors (Lipinski definition) is 2. The quantitative estimate of drug-likeness (QED) is 0.459. The van der Waals surface area contributed by atoms with Crippen LogP contribution in [0.15, 0.2) is 40.9 Å². The maximum absolute atomic E-state index is 13.6. The summed E-state index contributed by atoms with van der Waals surface area (Å²) in [6, 6.07) is 11.0. The molecule has 11 nitrogen and oxygen atoms in total. The van der Waals surface area contributed by atoms with Crippen molar-refractivity contribution in [3.63, 3.8) is 0 Å². The van der Waals surface area contributed by atoms with E-state index in [0.29, 0.717) is 43.7 Å². The highest BCUT2D eigenvalue weighted by molar-refractivity contribution is 7.89. The largest absolute Gasteiger partial charge is 0.445 e. The number of ether oxygens (including phenoxy) is 2. The van der Waals surface area contributed by atoms with Gasteiger partial charge in [-0.25, -0.2) is 13.2 Å². The number of sulfonamides is 1. The lowest BCUT2D eigenvalue weighted by Gasteiger charge is -2.38. The number of fused-ring (bicyclic) bond motifs is 3. The molecule has 5 aliphatic rings. The Bertz CT molecular complexity index is 1370. The van der Waals surface area contributed by atoms with E-state index >= 15 is 0 Å². The fourth-order valence-electron chi connectivity index (χ4n) is 7.56. The standard InChI is InChI=1S/C29H36N4O7S/c34-28(26-12-27(40-32-26)18-14-38-15-18)30-19-8-21-6-7-22(9-19)33(21)41(36,37)16-25-23-10-20(11-24(23)25)31-29(35)39-13-17-4-2-1-3-5-17/h1-5,12,18-25H,6-11,13-16H2,(H,30,34)(H,31,35)/t19?,20?,21-,22+,23?,24?,25?. The van der Waals surface area contributed by atoms with E-state index in [4.69, 9.17) is 14.0 Å². The van der Waals surface area contributed by atoms with Gasteiger partial charge in [-0.05, 0) is 61.8 Å². The van der Waals surface area contributed by atoms with Crippen LogP contribution in [-0.4, -0.2) is 73.0 Å². The van der Waals surface area contributed by atoms with Crippen molar-refractivity contribution in [2.24, 2.45) is 17.8 Å². The Morgan fingerprint density at radius 1 is 0.976 bits per heavy atom. The minimum Gasteiger partial charge on any atom is -0.445 e. The molecule has 2 saturated carbocycles. The van der Waals surface area contributed by atoms with Crippen molar-refractivity contribution < 1.29 is 32.0 Å². The number of aromatic nitrogens is 1. The zero-order valence-electron chi connectivity index (χ0n) is 22.8. The van der Waals surface area contributed by atoms with E-state index in [1.807, 2.05) is 30.3 Å². The fraction of sp³-hybridized carbons (Fsp3) is 0.621. The molecule has 7 rings (SSSR count). The van der Waals surface area contributed by atoms with Crippen molar-refractivity contribution >= 4 is 22.0 Å². The molecule has 3 unspecified atom stereocenters. The second-order valence-corrected chi connectivity index (χ2v) is 14.3. The first-order chi connectivity index (χ1) is 19.8. The average molecular weight is 585 g/mol. The predicted octanol–water partition coefficient (Wildman–Crippen LogP) is 2.79. The number of piperidine rings is 1. The Balaban J connectivity index is 0.873. The molecule has 12 heteroatoms. The third-order valence-electron chi connectivity index (χ3n) is 9.68. The topological polar surface area (TPSA) is 140 Å². The lowest BCUT2D eigenvalue weighted by Crippen LogP contribution is -2.53. The second-order valence-electron chi connectivity index (χ2n) is 12.4. The predicted molar refractivity (Wildman–Crippen MR) is 146 cm³/mol. The molecule has 41 heavy (non-hydrogen) atoms. The summed E-state index contributed by atoms with van der Waals surface area (Å²) in [5.41, 5.74) is 1.19. The van der Waals surface area contributed by atoms with Gasteiger partial charge >= 0.3 is 6.09 Å². The number of hydrogen-bond acceptors (Lipinski definition) is 8. The van der Waals surface area contributed by atoms with Crippen LogP contribution in [0.3, 0.4) is 0 Å². The van der Waals surface area contributed by atoms with Gasteiger partial charge in [0.25, 0.3) is 5.91 Å². The molecule has 1 aromatic carbocycles. The van der Waals surface area contributed by atoms with E-state index in [2.05, 4.69) is 15.8 Å². The SMILES string of the molecule is O=C(NC1CC2C(C1)C2CS(=O)(=O)N1[C@@H]2CC[C@H]1CC(NC(=O)c1cc(C3COC3)on1)C2)OCc1ccccc1. The Labute approximate surface area is 239 Å². The zero-order valence-corrected chi connectivity index (χ0v) is 23.6. The Kier molecular flexibility index (Phi) is 7.03. The van der Waals surface area contributed by atoms with Crippen LogP contribution in [-0.2, 0) is 26.1 Å². The molecular weight excluding hydrogens is 548 g/mol. The second kappa shape index (κ2) is 10.7. The van der Waals surface area contributed by atoms with E-state index in [9.17, 15) is 18.0 Å². The van der Waals surface area contributed by atoms with Gasteiger partial charge < -0.3 is 24.6 Å². The minimum atomic E-state index is -3.42. The summed E-state index contributed by atoms with van der Waals surface area (Å²) in [7, 11) is -3.42. The summed E-state index contributed by atoms with van der Waals surface area (Å²) in [6.07, 6.45) is 4.02. The Morgan fingerprint density at radius 2 is 1.66 bits per heavy atom. The average Bonchev–Trinajstić information content (AvgIpc) is 3.33. The molecular formula is C29H36N4O7S. The lowest BCUT2D eigenvalue weighted by atomic mass is 9.99. The van der Waals surface area contributed by atoms with Gasteiger partial charge in [0.05, 0.1) is 24.9 Å². The van der Waals surface area contributed by atoms with Gasteiger partial charge in [-0.2, -0.15) is 4.31 Å². The van der Waals surface area contributed by atoms with E-state index in [-0.39, 0.29) is 60.0 Å². The van der Waals surface area contributed by atoms with Crippen molar-refractivity contribution in [2.75, 3.05) is 19.0 Å². The van der Waals surface area contributed by atoms with E-state index in [0.717, 1.165) is 31.2 Å². The number of nitrogens with zero attached hydrogens (tertiary/aromatic N) is 2. The highest BCUT2D eigenvalue weighted by Gasteiger charge is 2.59. The van der Waals surface area contributed by atoms with Gasteiger partial charge in [-0.3, -0.25) is 4.79 Å². The third kappa shape index (κ3) is 5.49. The van der Waals surface area contributed by atoms with Crippen LogP contribution >= 0.6 is 0 Å². The molecule has 2 amide bonds. The first kappa shape index (κ1) is 26.9. The molecule has 5 atom stereocenters. The molecule has 3 saturated heterocycles. The molecule has 0 radical (unpaired) electrons. The molecule has 2 bridgehead atoms. The first-order valence-corrected chi connectivity index (χ1v) is 16.3. The van der Waals surface area contributed by atoms with Crippen LogP contribution in [0.2, 0.25) is 0 Å². The summed E-state index contributed by atoms with van der Waals surface area (Å²) in [5, 5.41) is 9.94. The number of alkyl carbamates (subject to hydrolysis) is 1. The molecule has 2 N–H and O–H groups in total. The summed E-state index contributed by atoms with van der Waals surface area (Å²) in [5.74, 6) is 1.52. The monoisotopic (exact) mass is 584 g/mol. The normalized spacial score (nSPS) is 32.6. The highest BCUT2D eigenvalue weighted by Crippen LogP contribution is 2.58. The fourth-order valence-corrected chi connectivity index (χ4v) is 10.0. The maximum Gasteiger partial charge on any atom is 0.407 e. The molecule has 0 spiro atoms. The molecule has 1 aromatic heterocycles. The molecule has 5 fully saturated rings. The highest BCUT2D eigenvalue weighted by atomic mass is 32.2. The van der Waals surface area contributed by atoms with Crippen LogP contribution in [0.4, 0.5) is 4.79 Å². The molecule has 220 valence electrons. The molecule has 2 aromatic rings. The van der Waals surface area contributed by atoms with Gasteiger partial charge in [0.15, 0.2) is 5.69 Å². The van der Waals surface area contributed by atoms with Crippen LogP contribution < -0.4 is 10.6 Å². The first-order valence-electron chi connectivity index (χ1n) is 14.7. The van der Waals surface area contributed by atoms with Crippen LogP contribution in [0.5, 0.6) is 0 Å². The van der Waals surface area contributed by atoms with Crippen LogP contribution in [0.25, 0.3) is 0 Å². The number of benzene rings is 1. The van der Waals surface area contributed by atoms with Crippen molar-refractivity contribution in [1.29, 1.82) is 0 Å². The summed E-state index contributed by atoms with van der Waals surface area (Å²) in [6.45, 7) is 1.39. The zero-order chi connectivity index (χ0) is 28.1. The Morgan fingerprint density at radius 3 is 2.32 bits per heavy atom. The van der Waals surface area contributed by atoms with E-state index in [1.165, 1.54) is 0 Å². The number of carbonyl (C=O) groups is 2. The molecule has 3 aliphatic heterocycles. The van der Waals surface area contributed by atoms with Crippen LogP contribution in [0, 0.1) is 17.8 Å². The van der Waals surface area contributed by atoms with E-state index < -0.39 is 16.1 Å². The van der Waals surface area contributed by atoms with Gasteiger partial charge in [0.2, 0.25) is 10.0 Å². The summed E-state index contributed by atoms with van der Waals surface area (Å²) >= 11 is 0. The molecule has 2 aliphatic carbocycles. The number of carbonyl (C=O) groups excluding carboxylic acids is 2. The minimum absolute atomic E-state index is 0.0330.